The Morgan fingerprint density at radius 1 is 1.18 bits per heavy atom. The van der Waals surface area contributed by atoms with Crippen molar-refractivity contribution in [1.82, 2.24) is 0 Å². The number of benzene rings is 1. The number of ether oxygens (including phenoxy) is 2. The fourth-order valence-electron chi connectivity index (χ4n) is 2.18. The van der Waals surface area contributed by atoms with Crippen LogP contribution in [0.1, 0.15) is 39.5 Å². The van der Waals surface area contributed by atoms with E-state index in [1.54, 1.807) is 6.08 Å². The fraction of sp³-hybridized carbons (Fsp3) is 0.421. The van der Waals surface area contributed by atoms with Gasteiger partial charge in [-0.3, -0.25) is 20.2 Å². The Morgan fingerprint density at radius 2 is 1.93 bits per heavy atom. The average Bonchev–Trinajstić information content (AvgIpc) is 2.65. The number of rotatable bonds is 12. The zero-order valence-corrected chi connectivity index (χ0v) is 16.0. The lowest BCUT2D eigenvalue weighted by Gasteiger charge is -2.06. The lowest BCUT2D eigenvalue weighted by molar-refractivity contribution is -0.389. The van der Waals surface area contributed by atoms with Crippen molar-refractivity contribution in [3.05, 3.63) is 62.2 Å². The number of allylic oxidation sites excluding steroid dienone is 3. The molecule has 0 fully saturated rings. The van der Waals surface area contributed by atoms with Gasteiger partial charge in [0.25, 0.3) is 5.69 Å². The third-order valence-electron chi connectivity index (χ3n) is 3.70. The van der Waals surface area contributed by atoms with Crippen LogP contribution in [-0.2, 0) is 9.53 Å². The van der Waals surface area contributed by atoms with Crippen LogP contribution in [0.15, 0.2) is 42.0 Å². The van der Waals surface area contributed by atoms with Crippen molar-refractivity contribution in [2.75, 3.05) is 13.2 Å². The molecular weight excluding hydrogens is 368 g/mol. The van der Waals surface area contributed by atoms with Gasteiger partial charge in [-0.25, -0.2) is 4.79 Å². The summed E-state index contributed by atoms with van der Waals surface area (Å²) in [5, 5.41) is 21.7. The highest BCUT2D eigenvalue weighted by molar-refractivity contribution is 5.71. The normalized spacial score (nSPS) is 11.4. The smallest absolute Gasteiger partial charge is 0.344 e. The lowest BCUT2D eigenvalue weighted by atomic mass is 10.2. The van der Waals surface area contributed by atoms with Gasteiger partial charge in [-0.05, 0) is 25.8 Å². The number of nitro groups is 2. The number of hydrogen-bond donors (Lipinski definition) is 0. The molecule has 0 atom stereocenters. The van der Waals surface area contributed by atoms with Crippen molar-refractivity contribution in [1.29, 1.82) is 0 Å². The highest BCUT2D eigenvalue weighted by atomic mass is 16.6. The summed E-state index contributed by atoms with van der Waals surface area (Å²) in [5.74, 6) is -1.10. The second kappa shape index (κ2) is 12.2. The number of unbranched alkanes of at least 4 members (excludes halogenated alkanes) is 3. The molecule has 0 saturated carbocycles. The molecule has 1 aromatic rings. The van der Waals surface area contributed by atoms with Crippen LogP contribution in [0.5, 0.6) is 5.75 Å². The van der Waals surface area contributed by atoms with Crippen molar-refractivity contribution in [3.8, 4) is 5.75 Å². The molecule has 1 rings (SSSR count). The Kier molecular flexibility index (Phi) is 9.95. The predicted octanol–water partition coefficient (Wildman–Crippen LogP) is 4.51. The number of esters is 1. The van der Waals surface area contributed by atoms with Gasteiger partial charge in [0, 0.05) is 12.1 Å². The van der Waals surface area contributed by atoms with E-state index < -0.39 is 28.1 Å². The van der Waals surface area contributed by atoms with Gasteiger partial charge in [0.2, 0.25) is 5.75 Å². The first-order valence-electron chi connectivity index (χ1n) is 8.89. The molecule has 0 amide bonds. The lowest BCUT2D eigenvalue weighted by Crippen LogP contribution is -2.15. The van der Waals surface area contributed by atoms with Crippen LogP contribution >= 0.6 is 0 Å². The summed E-state index contributed by atoms with van der Waals surface area (Å²) < 4.78 is 10.0. The second-order valence-corrected chi connectivity index (χ2v) is 5.98. The highest BCUT2D eigenvalue weighted by Crippen LogP contribution is 2.30. The molecule has 1 aromatic carbocycles. The summed E-state index contributed by atoms with van der Waals surface area (Å²) >= 11 is 0. The number of carbonyl (C=O) groups excluding carboxylic acids is 1. The Hall–Kier alpha value is -3.23. The van der Waals surface area contributed by atoms with E-state index in [1.807, 2.05) is 13.0 Å². The second-order valence-electron chi connectivity index (χ2n) is 5.98. The van der Waals surface area contributed by atoms with Gasteiger partial charge in [-0.1, -0.05) is 37.5 Å². The van der Waals surface area contributed by atoms with Crippen LogP contribution in [0, 0.1) is 20.2 Å². The predicted molar refractivity (Wildman–Crippen MR) is 103 cm³/mol. The number of nitro benzene ring substituents is 2. The molecule has 28 heavy (non-hydrogen) atoms. The number of nitrogens with zero attached hydrogens (tertiary/aromatic N) is 2. The standard InChI is InChI=1S/C19H24N2O7/c1-3-4-5-6-7-8-15(2)11-12-27-19(22)14-28-18-13-16(20(23)24)9-10-17(18)21(25)26/h7-11,13H,3-6,12,14H2,1-2H3/b8-7+,15-11+. The minimum absolute atomic E-state index is 0.0321. The maximum absolute atomic E-state index is 11.7. The van der Waals surface area contributed by atoms with Crippen LogP contribution in [0.4, 0.5) is 11.4 Å². The van der Waals surface area contributed by atoms with E-state index in [4.69, 9.17) is 9.47 Å². The Morgan fingerprint density at radius 3 is 2.57 bits per heavy atom. The first-order chi connectivity index (χ1) is 13.3. The first-order valence-corrected chi connectivity index (χ1v) is 8.89. The van der Waals surface area contributed by atoms with Crippen LogP contribution in [0.2, 0.25) is 0 Å². The van der Waals surface area contributed by atoms with Crippen LogP contribution in [-0.4, -0.2) is 29.0 Å². The van der Waals surface area contributed by atoms with Gasteiger partial charge in [0.05, 0.1) is 15.9 Å². The maximum Gasteiger partial charge on any atom is 0.344 e. The number of carbonyl (C=O) groups is 1. The van der Waals surface area contributed by atoms with E-state index in [0.717, 1.165) is 36.6 Å². The summed E-state index contributed by atoms with van der Waals surface area (Å²) in [4.78, 5) is 32.0. The minimum atomic E-state index is -0.747. The number of non-ortho nitro benzene ring substituents is 1. The van der Waals surface area contributed by atoms with Crippen LogP contribution in [0.3, 0.4) is 0 Å². The molecule has 9 heteroatoms. The molecule has 0 heterocycles. The van der Waals surface area contributed by atoms with E-state index in [9.17, 15) is 25.0 Å². The summed E-state index contributed by atoms with van der Waals surface area (Å²) in [6, 6.07) is 2.85. The van der Waals surface area contributed by atoms with Crippen molar-refractivity contribution >= 4 is 17.3 Å². The molecular formula is C19H24N2O7. The fourth-order valence-corrected chi connectivity index (χ4v) is 2.18. The molecule has 9 nitrogen and oxygen atoms in total. The van der Waals surface area contributed by atoms with Gasteiger partial charge in [-0.15, -0.1) is 0 Å². The van der Waals surface area contributed by atoms with Gasteiger partial charge in [0.1, 0.15) is 6.61 Å². The van der Waals surface area contributed by atoms with E-state index in [2.05, 4.69) is 13.0 Å². The topological polar surface area (TPSA) is 122 Å². The molecule has 0 spiro atoms. The third kappa shape index (κ3) is 8.43. The molecule has 0 aromatic heterocycles. The largest absolute Gasteiger partial charge is 0.475 e. The zero-order chi connectivity index (χ0) is 20.9. The Labute approximate surface area is 162 Å². The molecule has 0 aliphatic carbocycles. The van der Waals surface area contributed by atoms with E-state index in [-0.39, 0.29) is 18.0 Å². The summed E-state index contributed by atoms with van der Waals surface area (Å²) in [5.41, 5.74) is 0.0974. The van der Waals surface area contributed by atoms with Gasteiger partial charge < -0.3 is 9.47 Å². The van der Waals surface area contributed by atoms with Gasteiger partial charge >= 0.3 is 11.7 Å². The monoisotopic (exact) mass is 392 g/mol. The van der Waals surface area contributed by atoms with Crippen molar-refractivity contribution in [2.24, 2.45) is 0 Å². The third-order valence-corrected chi connectivity index (χ3v) is 3.70. The molecule has 0 unspecified atom stereocenters. The minimum Gasteiger partial charge on any atom is -0.475 e. The van der Waals surface area contributed by atoms with Gasteiger partial charge in [0.15, 0.2) is 6.61 Å². The SMILES string of the molecule is CCCCC/C=C/C(C)=C/COC(=O)COc1cc([N+](=O)[O-])ccc1[N+](=O)[O-]. The molecule has 0 aliphatic rings. The quantitative estimate of drug-likeness (QED) is 0.169. The van der Waals surface area contributed by atoms with E-state index in [1.165, 1.54) is 12.8 Å². The molecule has 0 bridgehead atoms. The molecule has 0 saturated heterocycles. The Balaban J connectivity index is 2.52. The zero-order valence-electron chi connectivity index (χ0n) is 16.0. The van der Waals surface area contributed by atoms with Crippen molar-refractivity contribution < 1.29 is 24.1 Å². The maximum atomic E-state index is 11.7. The summed E-state index contributed by atoms with van der Waals surface area (Å²) in [7, 11) is 0. The summed E-state index contributed by atoms with van der Waals surface area (Å²) in [6.45, 7) is 3.46. The van der Waals surface area contributed by atoms with Crippen LogP contribution < -0.4 is 4.74 Å². The molecule has 0 N–H and O–H groups in total. The Bertz CT molecular complexity index is 757. The first kappa shape index (κ1) is 22.8. The van der Waals surface area contributed by atoms with Crippen LogP contribution in [0.25, 0.3) is 0 Å². The highest BCUT2D eigenvalue weighted by Gasteiger charge is 2.20. The summed E-state index contributed by atoms with van der Waals surface area (Å²) in [6.07, 6.45) is 10.2. The molecule has 152 valence electrons. The average molecular weight is 392 g/mol. The van der Waals surface area contributed by atoms with Gasteiger partial charge in [-0.2, -0.15) is 0 Å². The van der Waals surface area contributed by atoms with Crippen molar-refractivity contribution in [2.45, 2.75) is 39.5 Å². The van der Waals surface area contributed by atoms with E-state index >= 15 is 0 Å². The van der Waals surface area contributed by atoms with E-state index in [0.29, 0.717) is 0 Å². The molecule has 0 aliphatic heterocycles. The number of hydrogen-bond acceptors (Lipinski definition) is 7. The molecule has 0 radical (unpaired) electrons. The van der Waals surface area contributed by atoms with Crippen molar-refractivity contribution in [3.63, 3.8) is 0 Å².